The van der Waals surface area contributed by atoms with Gasteiger partial charge in [-0.3, -0.25) is 0 Å². The normalized spacial score (nSPS) is 11.2. The number of oxime groups is 1. The summed E-state index contributed by atoms with van der Waals surface area (Å²) in [6, 6.07) is 4.07. The summed E-state index contributed by atoms with van der Waals surface area (Å²) < 4.78 is 5.65. The fourth-order valence-electron chi connectivity index (χ4n) is 1.79. The van der Waals surface area contributed by atoms with Crippen LogP contribution >= 0.6 is 0 Å². The Hall–Kier alpha value is -1.97. The van der Waals surface area contributed by atoms with Crippen molar-refractivity contribution >= 4 is 11.9 Å². The van der Waals surface area contributed by atoms with Gasteiger partial charge in [-0.15, -0.1) is 0 Å². The maximum Gasteiger partial charge on any atom is 0.120 e. The van der Waals surface area contributed by atoms with Gasteiger partial charge in [0, 0.05) is 5.69 Å². The van der Waals surface area contributed by atoms with Crippen LogP contribution in [0.15, 0.2) is 29.4 Å². The van der Waals surface area contributed by atoms with Crippen molar-refractivity contribution < 1.29 is 9.57 Å². The highest BCUT2D eigenvalue weighted by molar-refractivity contribution is 5.67. The van der Waals surface area contributed by atoms with Gasteiger partial charge in [0.25, 0.3) is 0 Å². The largest absolute Gasteiger partial charge is 0.490 e. The molecule has 0 aromatic heterocycles. The van der Waals surface area contributed by atoms with E-state index in [0.29, 0.717) is 13.2 Å². The third kappa shape index (κ3) is 5.04. The third-order valence-electron chi connectivity index (χ3n) is 2.64. The lowest BCUT2D eigenvalue weighted by molar-refractivity contribution is 0.215. The van der Waals surface area contributed by atoms with E-state index in [1.54, 1.807) is 6.21 Å². The molecule has 0 spiro atoms. The molecule has 0 saturated carbocycles. The topological polar surface area (TPSA) is 42.8 Å². The second-order valence-corrected chi connectivity index (χ2v) is 4.16. The average Bonchev–Trinajstić information content (AvgIpc) is 2.37. The molecule has 1 N–H and O–H groups in total. The van der Waals surface area contributed by atoms with E-state index in [-0.39, 0.29) is 0 Å². The van der Waals surface area contributed by atoms with E-state index in [9.17, 15) is 0 Å². The molecule has 4 nitrogen and oxygen atoms in total. The van der Waals surface area contributed by atoms with Crippen molar-refractivity contribution in [1.29, 1.82) is 0 Å². The number of ether oxygens (including phenoxy) is 1. The molecule has 0 aliphatic heterocycles. The highest BCUT2D eigenvalue weighted by Crippen LogP contribution is 2.26. The number of nitrogens with one attached hydrogen (secondary N) is 1. The molecule has 0 amide bonds. The third-order valence-corrected chi connectivity index (χ3v) is 2.64. The van der Waals surface area contributed by atoms with Crippen LogP contribution in [-0.2, 0) is 4.84 Å². The molecule has 1 rings (SSSR count). The lowest BCUT2D eigenvalue weighted by atomic mass is 10.1. The zero-order chi connectivity index (χ0) is 14.1. The van der Waals surface area contributed by atoms with Gasteiger partial charge in [-0.05, 0) is 44.0 Å². The van der Waals surface area contributed by atoms with Crippen LogP contribution in [0.4, 0.5) is 5.69 Å². The number of rotatable bonds is 7. The van der Waals surface area contributed by atoms with E-state index in [1.165, 1.54) is 7.11 Å². The summed E-state index contributed by atoms with van der Waals surface area (Å²) in [4.78, 5) is 4.62. The van der Waals surface area contributed by atoms with Crippen LogP contribution in [0.25, 0.3) is 0 Å². The Morgan fingerprint density at radius 2 is 1.95 bits per heavy atom. The summed E-state index contributed by atoms with van der Waals surface area (Å²) in [5.41, 5.74) is 3.42. The Morgan fingerprint density at radius 3 is 2.53 bits per heavy atom. The molecule has 0 fully saturated rings. The maximum absolute atomic E-state index is 5.65. The van der Waals surface area contributed by atoms with E-state index in [4.69, 9.17) is 4.74 Å². The molecular formula is C15H22N2O2. The fourth-order valence-corrected chi connectivity index (χ4v) is 1.79. The summed E-state index contributed by atoms with van der Waals surface area (Å²) >= 11 is 0. The molecule has 19 heavy (non-hydrogen) atoms. The predicted octanol–water partition coefficient (Wildman–Crippen LogP) is 3.30. The fraction of sp³-hybridized carbons (Fsp3) is 0.400. The van der Waals surface area contributed by atoms with Crippen LogP contribution in [0.1, 0.15) is 18.1 Å². The van der Waals surface area contributed by atoms with E-state index < -0.39 is 0 Å². The van der Waals surface area contributed by atoms with Crippen molar-refractivity contribution in [2.24, 2.45) is 5.16 Å². The van der Waals surface area contributed by atoms with Crippen molar-refractivity contribution in [3.8, 4) is 5.75 Å². The lowest BCUT2D eigenvalue weighted by Crippen LogP contribution is -2.06. The summed E-state index contributed by atoms with van der Waals surface area (Å²) in [5, 5.41) is 7.01. The minimum absolute atomic E-state index is 0.600. The van der Waals surface area contributed by atoms with E-state index >= 15 is 0 Å². The lowest BCUT2D eigenvalue weighted by Gasteiger charge is -2.13. The molecule has 0 radical (unpaired) electrons. The van der Waals surface area contributed by atoms with Crippen LogP contribution < -0.4 is 10.1 Å². The molecule has 0 aliphatic rings. The van der Waals surface area contributed by atoms with Gasteiger partial charge < -0.3 is 14.9 Å². The van der Waals surface area contributed by atoms with Crippen molar-refractivity contribution in [2.45, 2.75) is 20.8 Å². The van der Waals surface area contributed by atoms with Crippen molar-refractivity contribution in [3.05, 3.63) is 35.4 Å². The standard InChI is InChI=1S/C15H22N2O2/c1-5-6-9-19-14-10-12(2)15(13(3)11-14)16-7-8-17-18-4/h5-6,8,10-11,16H,7,9H2,1-4H3/b6-5+,17-8+. The number of allylic oxidation sites excluding steroid dienone is 1. The molecule has 0 heterocycles. The smallest absolute Gasteiger partial charge is 0.120 e. The van der Waals surface area contributed by atoms with Crippen molar-refractivity contribution in [2.75, 3.05) is 25.6 Å². The molecule has 0 atom stereocenters. The number of hydrogen-bond acceptors (Lipinski definition) is 4. The monoisotopic (exact) mass is 262 g/mol. The first-order chi connectivity index (χ1) is 9.19. The Morgan fingerprint density at radius 1 is 1.26 bits per heavy atom. The SMILES string of the molecule is C/C=C/COc1cc(C)c(NC/C=N/OC)c(C)c1. The molecule has 0 unspecified atom stereocenters. The van der Waals surface area contributed by atoms with E-state index in [1.807, 2.05) is 31.2 Å². The van der Waals surface area contributed by atoms with Crippen LogP contribution in [0.2, 0.25) is 0 Å². The van der Waals surface area contributed by atoms with Gasteiger partial charge in [0.2, 0.25) is 0 Å². The quantitative estimate of drug-likeness (QED) is 0.466. The Kier molecular flexibility index (Phi) is 6.50. The molecule has 0 bridgehead atoms. The summed E-state index contributed by atoms with van der Waals surface area (Å²) in [5.74, 6) is 0.893. The first-order valence-electron chi connectivity index (χ1n) is 6.33. The van der Waals surface area contributed by atoms with Crippen LogP contribution in [0.3, 0.4) is 0 Å². The van der Waals surface area contributed by atoms with Gasteiger partial charge in [0.1, 0.15) is 19.5 Å². The molecule has 104 valence electrons. The predicted molar refractivity (Wildman–Crippen MR) is 80.2 cm³/mol. The van der Waals surface area contributed by atoms with Crippen LogP contribution in [-0.4, -0.2) is 26.5 Å². The van der Waals surface area contributed by atoms with E-state index in [2.05, 4.69) is 29.2 Å². The molecule has 1 aromatic carbocycles. The second kappa shape index (κ2) is 8.19. The van der Waals surface area contributed by atoms with E-state index in [0.717, 1.165) is 22.6 Å². The number of benzene rings is 1. The highest BCUT2D eigenvalue weighted by atomic mass is 16.6. The summed E-state index contributed by atoms with van der Waals surface area (Å²) in [7, 11) is 1.53. The number of hydrogen-bond donors (Lipinski definition) is 1. The van der Waals surface area contributed by atoms with Crippen LogP contribution in [0.5, 0.6) is 5.75 Å². The number of nitrogens with zero attached hydrogens (tertiary/aromatic N) is 1. The zero-order valence-corrected chi connectivity index (χ0v) is 12.1. The molecule has 0 aliphatic carbocycles. The van der Waals surface area contributed by atoms with Gasteiger partial charge in [0.15, 0.2) is 0 Å². The Balaban J connectivity index is 2.70. The van der Waals surface area contributed by atoms with Gasteiger partial charge in [-0.25, -0.2) is 0 Å². The van der Waals surface area contributed by atoms with Gasteiger partial charge in [-0.2, -0.15) is 0 Å². The zero-order valence-electron chi connectivity index (χ0n) is 12.1. The number of aryl methyl sites for hydroxylation is 2. The molecule has 1 aromatic rings. The Labute approximate surface area is 115 Å². The number of anilines is 1. The summed E-state index contributed by atoms with van der Waals surface area (Å²) in [6.07, 6.45) is 5.65. The first-order valence-corrected chi connectivity index (χ1v) is 6.33. The van der Waals surface area contributed by atoms with Crippen LogP contribution in [0, 0.1) is 13.8 Å². The average molecular weight is 262 g/mol. The summed E-state index contributed by atoms with van der Waals surface area (Å²) in [6.45, 7) is 7.34. The van der Waals surface area contributed by atoms with Crippen molar-refractivity contribution in [3.63, 3.8) is 0 Å². The molecular weight excluding hydrogens is 240 g/mol. The first kappa shape index (κ1) is 15.1. The van der Waals surface area contributed by atoms with Gasteiger partial charge in [0.05, 0.1) is 12.8 Å². The highest BCUT2D eigenvalue weighted by Gasteiger charge is 2.04. The minimum Gasteiger partial charge on any atom is -0.490 e. The Bertz CT molecular complexity index is 430. The maximum atomic E-state index is 5.65. The molecule has 4 heteroatoms. The van der Waals surface area contributed by atoms with Gasteiger partial charge >= 0.3 is 0 Å². The molecule has 0 saturated heterocycles. The second-order valence-electron chi connectivity index (χ2n) is 4.16. The van der Waals surface area contributed by atoms with Gasteiger partial charge in [-0.1, -0.05) is 17.3 Å². The van der Waals surface area contributed by atoms with Crippen molar-refractivity contribution in [1.82, 2.24) is 0 Å². The minimum atomic E-state index is 0.600.